The van der Waals surface area contributed by atoms with Crippen molar-refractivity contribution in [3.8, 4) is 11.5 Å². The fourth-order valence-electron chi connectivity index (χ4n) is 2.61. The molecule has 0 saturated carbocycles. The monoisotopic (exact) mass is 395 g/mol. The second-order valence-corrected chi connectivity index (χ2v) is 7.86. The molecule has 0 saturated heterocycles. The summed E-state index contributed by atoms with van der Waals surface area (Å²) in [5.41, 5.74) is 4.65. The van der Waals surface area contributed by atoms with E-state index in [-0.39, 0.29) is 5.91 Å². The number of carbonyl (C=O) groups is 1. The van der Waals surface area contributed by atoms with E-state index in [1.807, 2.05) is 43.0 Å². The van der Waals surface area contributed by atoms with Gasteiger partial charge < -0.3 is 9.73 Å². The molecule has 2 aromatic carbocycles. The highest BCUT2D eigenvalue weighted by Crippen LogP contribution is 2.18. The first-order chi connectivity index (χ1) is 13.6. The van der Waals surface area contributed by atoms with Gasteiger partial charge in [-0.25, -0.2) is 0 Å². The number of hydrogen-bond donors (Lipinski definition) is 1. The fourth-order valence-corrected chi connectivity index (χ4v) is 3.43. The van der Waals surface area contributed by atoms with Gasteiger partial charge in [0.15, 0.2) is 0 Å². The first-order valence-corrected chi connectivity index (χ1v) is 10.5. The maximum absolute atomic E-state index is 12.0. The van der Waals surface area contributed by atoms with Crippen molar-refractivity contribution in [1.29, 1.82) is 0 Å². The summed E-state index contributed by atoms with van der Waals surface area (Å²) in [4.78, 5) is 12.0. The molecule has 1 heterocycles. The minimum absolute atomic E-state index is 0.00558. The van der Waals surface area contributed by atoms with Crippen LogP contribution in [0.1, 0.15) is 29.0 Å². The van der Waals surface area contributed by atoms with Gasteiger partial charge in [0.05, 0.1) is 0 Å². The summed E-state index contributed by atoms with van der Waals surface area (Å²) in [6.07, 6.45) is 0.791. The lowest BCUT2D eigenvalue weighted by molar-refractivity contribution is -0.121. The number of amides is 1. The number of aryl methyl sites for hydroxylation is 3. The SMILES string of the molecule is Cc1ccc(CSCCNC(=O)CCc2nnc(-c3ccc(C)cc3)o2)cc1. The van der Waals surface area contributed by atoms with Crippen molar-refractivity contribution in [2.45, 2.75) is 32.4 Å². The van der Waals surface area contributed by atoms with E-state index >= 15 is 0 Å². The molecule has 0 unspecified atom stereocenters. The zero-order valence-electron chi connectivity index (χ0n) is 16.3. The summed E-state index contributed by atoms with van der Waals surface area (Å²) in [5.74, 6) is 2.82. The van der Waals surface area contributed by atoms with Crippen LogP contribution in [0.15, 0.2) is 52.9 Å². The molecule has 3 aromatic rings. The van der Waals surface area contributed by atoms with Gasteiger partial charge >= 0.3 is 0 Å². The Morgan fingerprint density at radius 2 is 1.68 bits per heavy atom. The highest BCUT2D eigenvalue weighted by molar-refractivity contribution is 7.98. The van der Waals surface area contributed by atoms with Crippen LogP contribution in [0.4, 0.5) is 0 Å². The molecule has 146 valence electrons. The van der Waals surface area contributed by atoms with Crippen LogP contribution in [0.2, 0.25) is 0 Å². The maximum atomic E-state index is 12.0. The molecule has 6 heteroatoms. The summed E-state index contributed by atoms with van der Waals surface area (Å²) in [7, 11) is 0. The van der Waals surface area contributed by atoms with Crippen LogP contribution in [0.5, 0.6) is 0 Å². The Hall–Kier alpha value is -2.60. The Kier molecular flexibility index (Phi) is 7.25. The second-order valence-electron chi connectivity index (χ2n) is 6.76. The van der Waals surface area contributed by atoms with Crippen molar-refractivity contribution >= 4 is 17.7 Å². The maximum Gasteiger partial charge on any atom is 0.247 e. The Balaban J connectivity index is 1.33. The molecule has 0 bridgehead atoms. The van der Waals surface area contributed by atoms with Gasteiger partial charge in [-0.3, -0.25) is 4.79 Å². The zero-order chi connectivity index (χ0) is 19.8. The molecular formula is C22H25N3O2S. The summed E-state index contributed by atoms with van der Waals surface area (Å²) in [6, 6.07) is 16.5. The fraction of sp³-hybridized carbons (Fsp3) is 0.318. The van der Waals surface area contributed by atoms with Crippen LogP contribution >= 0.6 is 11.8 Å². The Bertz CT molecular complexity index is 889. The van der Waals surface area contributed by atoms with Gasteiger partial charge in [0.2, 0.25) is 17.7 Å². The summed E-state index contributed by atoms with van der Waals surface area (Å²) in [5, 5.41) is 11.0. The normalized spacial score (nSPS) is 10.8. The number of carbonyl (C=O) groups excluding carboxylic acids is 1. The Labute approximate surface area is 170 Å². The molecule has 0 aliphatic carbocycles. The third-order valence-electron chi connectivity index (χ3n) is 4.29. The van der Waals surface area contributed by atoms with Crippen LogP contribution < -0.4 is 5.32 Å². The molecule has 28 heavy (non-hydrogen) atoms. The standard InChI is InChI=1S/C22H25N3O2S/c1-16-3-7-18(8-4-16)15-28-14-13-23-20(26)11-12-21-24-25-22(27-21)19-9-5-17(2)6-10-19/h3-10H,11-15H2,1-2H3,(H,23,26). The first-order valence-electron chi connectivity index (χ1n) is 9.39. The van der Waals surface area contributed by atoms with E-state index in [0.29, 0.717) is 31.2 Å². The van der Waals surface area contributed by atoms with Gasteiger partial charge in [0.25, 0.3) is 0 Å². The molecule has 1 amide bonds. The number of nitrogens with one attached hydrogen (secondary N) is 1. The van der Waals surface area contributed by atoms with Crippen molar-refractivity contribution in [2.24, 2.45) is 0 Å². The number of thioether (sulfide) groups is 1. The van der Waals surface area contributed by atoms with E-state index < -0.39 is 0 Å². The minimum Gasteiger partial charge on any atom is -0.421 e. The largest absolute Gasteiger partial charge is 0.421 e. The second kappa shape index (κ2) is 10.1. The number of rotatable bonds is 9. The molecule has 1 N–H and O–H groups in total. The molecule has 0 aliphatic rings. The van der Waals surface area contributed by atoms with Gasteiger partial charge in [0, 0.05) is 36.5 Å². The molecule has 1 aromatic heterocycles. The van der Waals surface area contributed by atoms with Gasteiger partial charge in [-0.05, 0) is 31.5 Å². The molecule has 0 spiro atoms. The van der Waals surface area contributed by atoms with E-state index in [0.717, 1.165) is 17.1 Å². The molecule has 0 atom stereocenters. The first kappa shape index (κ1) is 20.1. The predicted molar refractivity (Wildman–Crippen MR) is 113 cm³/mol. The van der Waals surface area contributed by atoms with Crippen LogP contribution in [-0.4, -0.2) is 28.4 Å². The van der Waals surface area contributed by atoms with Gasteiger partial charge in [-0.2, -0.15) is 11.8 Å². The summed E-state index contributed by atoms with van der Waals surface area (Å²) < 4.78 is 5.65. The minimum atomic E-state index is 0.00558. The van der Waals surface area contributed by atoms with Gasteiger partial charge in [-0.1, -0.05) is 47.5 Å². The molecule has 0 radical (unpaired) electrons. The van der Waals surface area contributed by atoms with Crippen molar-refractivity contribution in [3.05, 3.63) is 71.1 Å². The molecule has 0 aliphatic heterocycles. The van der Waals surface area contributed by atoms with Crippen molar-refractivity contribution in [2.75, 3.05) is 12.3 Å². The summed E-state index contributed by atoms with van der Waals surface area (Å²) in [6.45, 7) is 4.78. The van der Waals surface area contributed by atoms with Crippen molar-refractivity contribution in [3.63, 3.8) is 0 Å². The van der Waals surface area contributed by atoms with Crippen LogP contribution in [0.3, 0.4) is 0 Å². The number of aromatic nitrogens is 2. The average Bonchev–Trinajstić information content (AvgIpc) is 3.17. The summed E-state index contributed by atoms with van der Waals surface area (Å²) >= 11 is 1.81. The van der Waals surface area contributed by atoms with Gasteiger partial charge in [0.1, 0.15) is 0 Å². The van der Waals surface area contributed by atoms with Crippen molar-refractivity contribution in [1.82, 2.24) is 15.5 Å². The number of nitrogens with zero attached hydrogens (tertiary/aromatic N) is 2. The quantitative estimate of drug-likeness (QED) is 0.546. The third-order valence-corrected chi connectivity index (χ3v) is 5.32. The topological polar surface area (TPSA) is 68.0 Å². The van der Waals surface area contributed by atoms with E-state index in [4.69, 9.17) is 4.42 Å². The Morgan fingerprint density at radius 1 is 1.00 bits per heavy atom. The molecule has 0 fully saturated rings. The van der Waals surface area contributed by atoms with Gasteiger partial charge in [-0.15, -0.1) is 10.2 Å². The molecule has 3 rings (SSSR count). The van der Waals surface area contributed by atoms with Crippen LogP contribution in [0.25, 0.3) is 11.5 Å². The Morgan fingerprint density at radius 3 is 2.39 bits per heavy atom. The number of benzene rings is 2. The third kappa shape index (κ3) is 6.23. The highest BCUT2D eigenvalue weighted by atomic mass is 32.2. The van der Waals surface area contributed by atoms with E-state index in [9.17, 15) is 4.79 Å². The molecule has 5 nitrogen and oxygen atoms in total. The number of hydrogen-bond acceptors (Lipinski definition) is 5. The van der Waals surface area contributed by atoms with Crippen LogP contribution in [-0.2, 0) is 17.0 Å². The smallest absolute Gasteiger partial charge is 0.247 e. The zero-order valence-corrected chi connectivity index (χ0v) is 17.1. The highest BCUT2D eigenvalue weighted by Gasteiger charge is 2.10. The van der Waals surface area contributed by atoms with Crippen molar-refractivity contribution < 1.29 is 9.21 Å². The lowest BCUT2D eigenvalue weighted by Gasteiger charge is -2.05. The predicted octanol–water partition coefficient (Wildman–Crippen LogP) is 4.34. The van der Waals surface area contributed by atoms with E-state index in [1.165, 1.54) is 16.7 Å². The lowest BCUT2D eigenvalue weighted by Crippen LogP contribution is -2.25. The lowest BCUT2D eigenvalue weighted by atomic mass is 10.1. The van der Waals surface area contributed by atoms with E-state index in [2.05, 4.69) is 46.7 Å². The van der Waals surface area contributed by atoms with Crippen LogP contribution in [0, 0.1) is 13.8 Å². The average molecular weight is 396 g/mol. The molecular weight excluding hydrogens is 370 g/mol. The van der Waals surface area contributed by atoms with E-state index in [1.54, 1.807) is 0 Å².